The minimum Gasteiger partial charge on any atom is -0.328 e. The summed E-state index contributed by atoms with van der Waals surface area (Å²) in [6, 6.07) is 10.3. The van der Waals surface area contributed by atoms with Gasteiger partial charge in [-0.05, 0) is 12.1 Å². The maximum Gasteiger partial charge on any atom is 0.330 e. The summed E-state index contributed by atoms with van der Waals surface area (Å²) in [7, 11) is 4.04. The van der Waals surface area contributed by atoms with Crippen molar-refractivity contribution in [2.45, 2.75) is 0 Å². The molecule has 3 rings (SSSR count). The first-order valence-electron chi connectivity index (χ1n) is 5.87. The molecule has 0 amide bonds. The van der Waals surface area contributed by atoms with E-state index in [9.17, 15) is 0 Å². The van der Waals surface area contributed by atoms with Gasteiger partial charge in [-0.25, -0.2) is 9.55 Å². The lowest BCUT2D eigenvalue weighted by Crippen LogP contribution is -2.30. The molecule has 0 bridgehead atoms. The number of para-hydroxylation sites is 1. The molecule has 0 saturated heterocycles. The van der Waals surface area contributed by atoms with Crippen molar-refractivity contribution in [1.82, 2.24) is 14.1 Å². The van der Waals surface area contributed by atoms with E-state index in [4.69, 9.17) is 0 Å². The highest BCUT2D eigenvalue weighted by molar-refractivity contribution is 5.47. The summed E-state index contributed by atoms with van der Waals surface area (Å²) in [6.45, 7) is 0. The zero-order valence-electron chi connectivity index (χ0n) is 10.5. The monoisotopic (exact) mass is 239 g/mol. The predicted molar refractivity (Wildman–Crippen MR) is 69.1 cm³/mol. The van der Waals surface area contributed by atoms with Gasteiger partial charge in [-0.3, -0.25) is 0 Å². The van der Waals surface area contributed by atoms with Gasteiger partial charge in [0, 0.05) is 19.4 Å². The first-order valence-corrected chi connectivity index (χ1v) is 5.87. The number of nitrogens with zero attached hydrogens (tertiary/aromatic N) is 4. The maximum atomic E-state index is 4.43. The Kier molecular flexibility index (Phi) is 2.48. The lowest BCUT2D eigenvalue weighted by atomic mass is 10.3. The maximum absolute atomic E-state index is 4.43. The fourth-order valence-electron chi connectivity index (χ4n) is 2.12. The molecule has 18 heavy (non-hydrogen) atoms. The molecule has 0 N–H and O–H groups in total. The van der Waals surface area contributed by atoms with E-state index < -0.39 is 0 Å². The number of aryl methyl sites for hydroxylation is 2. The van der Waals surface area contributed by atoms with Crippen LogP contribution in [-0.4, -0.2) is 14.1 Å². The largest absolute Gasteiger partial charge is 0.330 e. The van der Waals surface area contributed by atoms with Crippen LogP contribution < -0.4 is 4.57 Å². The first-order chi connectivity index (χ1) is 8.77. The predicted octanol–water partition coefficient (Wildman–Crippen LogP) is 1.70. The number of aromatic nitrogens is 4. The standard InChI is InChI=1S/C14H15N4/c1-16-9-8-15-13(16)14-17(2)10-11-18(14)12-6-4-3-5-7-12/h3-11H,1-2H3/q+1. The molecule has 0 unspecified atom stereocenters. The Morgan fingerprint density at radius 3 is 2.56 bits per heavy atom. The Labute approximate surface area is 106 Å². The molecule has 0 atom stereocenters. The molecule has 2 aromatic heterocycles. The summed E-state index contributed by atoms with van der Waals surface area (Å²) in [5.41, 5.74) is 1.14. The highest BCUT2D eigenvalue weighted by atomic mass is 15.2. The van der Waals surface area contributed by atoms with Crippen LogP contribution in [0.3, 0.4) is 0 Å². The minimum absolute atomic E-state index is 0.950. The van der Waals surface area contributed by atoms with Crippen molar-refractivity contribution in [2.75, 3.05) is 0 Å². The quantitative estimate of drug-likeness (QED) is 0.625. The van der Waals surface area contributed by atoms with Crippen molar-refractivity contribution in [1.29, 1.82) is 0 Å². The third kappa shape index (κ3) is 1.62. The zero-order valence-corrected chi connectivity index (χ0v) is 10.5. The molecule has 0 aliphatic heterocycles. The molecule has 90 valence electrons. The number of hydrogen-bond donors (Lipinski definition) is 0. The van der Waals surface area contributed by atoms with Gasteiger partial charge in [0.2, 0.25) is 5.82 Å². The van der Waals surface area contributed by atoms with E-state index >= 15 is 0 Å². The second-order valence-corrected chi connectivity index (χ2v) is 4.30. The van der Waals surface area contributed by atoms with Gasteiger partial charge in [-0.15, -0.1) is 0 Å². The van der Waals surface area contributed by atoms with Crippen LogP contribution in [0.1, 0.15) is 0 Å². The number of benzene rings is 1. The molecular weight excluding hydrogens is 224 g/mol. The van der Waals surface area contributed by atoms with Crippen molar-refractivity contribution < 1.29 is 4.57 Å². The van der Waals surface area contributed by atoms with E-state index in [1.807, 2.05) is 55.5 Å². The Balaban J connectivity index is 2.22. The fourth-order valence-corrected chi connectivity index (χ4v) is 2.12. The molecular formula is C14H15N4+. The van der Waals surface area contributed by atoms with Crippen LogP contribution in [0, 0.1) is 0 Å². The Morgan fingerprint density at radius 1 is 1.11 bits per heavy atom. The molecule has 2 heterocycles. The average molecular weight is 239 g/mol. The normalized spacial score (nSPS) is 10.8. The van der Waals surface area contributed by atoms with Crippen LogP contribution in [-0.2, 0) is 14.1 Å². The van der Waals surface area contributed by atoms with Gasteiger partial charge in [0.25, 0.3) is 0 Å². The molecule has 0 aliphatic rings. The summed E-state index contributed by atoms with van der Waals surface area (Å²) >= 11 is 0. The van der Waals surface area contributed by atoms with Crippen molar-refractivity contribution in [2.24, 2.45) is 14.1 Å². The van der Waals surface area contributed by atoms with Crippen molar-refractivity contribution in [3.63, 3.8) is 0 Å². The fraction of sp³-hybridized carbons (Fsp3) is 0.143. The average Bonchev–Trinajstić information content (AvgIpc) is 2.96. The summed E-state index contributed by atoms with van der Waals surface area (Å²) in [4.78, 5) is 4.43. The van der Waals surface area contributed by atoms with Gasteiger partial charge < -0.3 is 4.57 Å². The van der Waals surface area contributed by atoms with Crippen LogP contribution >= 0.6 is 0 Å². The van der Waals surface area contributed by atoms with Crippen LogP contribution in [0.4, 0.5) is 0 Å². The summed E-state index contributed by atoms with van der Waals surface area (Å²) in [5, 5.41) is 0. The highest BCUT2D eigenvalue weighted by Crippen LogP contribution is 2.17. The van der Waals surface area contributed by atoms with E-state index in [0.29, 0.717) is 0 Å². The van der Waals surface area contributed by atoms with Crippen LogP contribution in [0.15, 0.2) is 55.1 Å². The third-order valence-electron chi connectivity index (χ3n) is 3.06. The second-order valence-electron chi connectivity index (χ2n) is 4.30. The van der Waals surface area contributed by atoms with Gasteiger partial charge in [0.05, 0.1) is 7.05 Å². The van der Waals surface area contributed by atoms with Crippen molar-refractivity contribution in [3.05, 3.63) is 55.1 Å². The number of rotatable bonds is 2. The summed E-state index contributed by atoms with van der Waals surface area (Å²) < 4.78 is 6.24. The van der Waals surface area contributed by atoms with Crippen molar-refractivity contribution >= 4 is 0 Å². The molecule has 1 aromatic carbocycles. The van der Waals surface area contributed by atoms with E-state index in [0.717, 1.165) is 17.3 Å². The van der Waals surface area contributed by atoms with Crippen LogP contribution in [0.5, 0.6) is 0 Å². The molecule has 0 radical (unpaired) electrons. The molecule has 3 aromatic rings. The highest BCUT2D eigenvalue weighted by Gasteiger charge is 2.22. The SMILES string of the molecule is Cn1ccnc1-c1n(-c2ccccc2)cc[n+]1C. The van der Waals surface area contributed by atoms with E-state index in [2.05, 4.69) is 32.4 Å². The molecule has 0 spiro atoms. The summed E-state index contributed by atoms with van der Waals surface area (Å²) in [5.74, 6) is 2.01. The van der Waals surface area contributed by atoms with Crippen molar-refractivity contribution in [3.8, 4) is 17.3 Å². The molecule has 0 fully saturated rings. The molecule has 4 nitrogen and oxygen atoms in total. The number of imidazole rings is 2. The minimum atomic E-state index is 0.950. The summed E-state index contributed by atoms with van der Waals surface area (Å²) in [6.07, 6.45) is 7.87. The molecule has 0 saturated carbocycles. The molecule has 4 heteroatoms. The number of hydrogen-bond acceptors (Lipinski definition) is 1. The topological polar surface area (TPSA) is 26.6 Å². The smallest absolute Gasteiger partial charge is 0.328 e. The van der Waals surface area contributed by atoms with Crippen LogP contribution in [0.2, 0.25) is 0 Å². The van der Waals surface area contributed by atoms with Crippen LogP contribution in [0.25, 0.3) is 17.3 Å². The van der Waals surface area contributed by atoms with Gasteiger partial charge in [0.1, 0.15) is 18.1 Å². The third-order valence-corrected chi connectivity index (χ3v) is 3.06. The zero-order chi connectivity index (χ0) is 12.5. The first kappa shape index (κ1) is 10.8. The van der Waals surface area contributed by atoms with Gasteiger partial charge in [-0.2, -0.15) is 4.57 Å². The lowest BCUT2D eigenvalue weighted by molar-refractivity contribution is -0.659. The van der Waals surface area contributed by atoms with E-state index in [-0.39, 0.29) is 0 Å². The Bertz CT molecular complexity index is 664. The van der Waals surface area contributed by atoms with E-state index in [1.165, 1.54) is 0 Å². The van der Waals surface area contributed by atoms with E-state index in [1.54, 1.807) is 0 Å². The Hall–Kier alpha value is -2.36. The van der Waals surface area contributed by atoms with Gasteiger partial charge in [0.15, 0.2) is 0 Å². The lowest BCUT2D eigenvalue weighted by Gasteiger charge is -2.02. The van der Waals surface area contributed by atoms with Gasteiger partial charge in [-0.1, -0.05) is 18.2 Å². The van der Waals surface area contributed by atoms with Gasteiger partial charge >= 0.3 is 5.82 Å². The Morgan fingerprint density at radius 2 is 1.89 bits per heavy atom. The molecule has 0 aliphatic carbocycles. The second kappa shape index (κ2) is 4.14.